The molecule has 0 saturated carbocycles. The van der Waals surface area contributed by atoms with Crippen molar-refractivity contribution in [1.29, 1.82) is 0 Å². The maximum absolute atomic E-state index is 13.7. The quantitative estimate of drug-likeness (QED) is 0.0698. The zero-order valence-electron chi connectivity index (χ0n) is 53.0. The van der Waals surface area contributed by atoms with Crippen molar-refractivity contribution in [3.05, 3.63) is 237 Å². The van der Waals surface area contributed by atoms with Gasteiger partial charge in [0.15, 0.2) is 29.5 Å². The number of ether oxygens (including phenoxy) is 4. The van der Waals surface area contributed by atoms with Crippen LogP contribution in [0.1, 0.15) is 164 Å². The van der Waals surface area contributed by atoms with E-state index in [1.165, 1.54) is 0 Å². The summed E-state index contributed by atoms with van der Waals surface area (Å²) in [5.41, 5.74) is 10.8. The predicted molar refractivity (Wildman–Crippen MR) is 355 cm³/mol. The predicted octanol–water partition coefficient (Wildman–Crippen LogP) is 16.3. The summed E-state index contributed by atoms with van der Waals surface area (Å²) in [6.45, 7) is 30.6. The summed E-state index contributed by atoms with van der Waals surface area (Å²) >= 11 is 0. The van der Waals surface area contributed by atoms with Gasteiger partial charge in [-0.1, -0.05) is 253 Å². The molecular weight excluding hydrogens is 1100 g/mol. The Morgan fingerprint density at radius 3 is 0.744 bits per heavy atom. The minimum absolute atomic E-state index is 0.226. The Bertz CT molecular complexity index is 3230. The van der Waals surface area contributed by atoms with E-state index < -0.39 is 28.2 Å². The lowest BCUT2D eigenvalue weighted by Gasteiger charge is -2.30. The van der Waals surface area contributed by atoms with Crippen molar-refractivity contribution >= 4 is 49.5 Å². The van der Waals surface area contributed by atoms with Crippen molar-refractivity contribution in [2.45, 2.75) is 144 Å². The van der Waals surface area contributed by atoms with E-state index >= 15 is 0 Å². The zero-order chi connectivity index (χ0) is 61.6. The summed E-state index contributed by atoms with van der Waals surface area (Å²) < 4.78 is 41.0. The summed E-state index contributed by atoms with van der Waals surface area (Å²) in [7, 11) is -2.89. The fraction of sp³-hybridized carbons (Fsp3) is 0.342. The second kappa shape index (κ2) is 26.8. The van der Waals surface area contributed by atoms with Gasteiger partial charge in [0.2, 0.25) is 0 Å². The van der Waals surface area contributed by atoms with Gasteiger partial charge >= 0.3 is 11.9 Å². The molecule has 9 rings (SSSR count). The number of rotatable bonds is 16. The van der Waals surface area contributed by atoms with Gasteiger partial charge < -0.3 is 28.0 Å². The second-order valence-electron chi connectivity index (χ2n) is 26.5. The van der Waals surface area contributed by atoms with Gasteiger partial charge in [-0.15, -0.1) is 0 Å². The van der Waals surface area contributed by atoms with Crippen LogP contribution in [0.15, 0.2) is 170 Å². The van der Waals surface area contributed by atoms with Crippen molar-refractivity contribution < 1.29 is 37.6 Å². The Kier molecular flexibility index (Phi) is 19.7. The zero-order valence-corrected chi connectivity index (χ0v) is 54.8. The van der Waals surface area contributed by atoms with Crippen LogP contribution in [-0.2, 0) is 66.4 Å². The molecule has 0 aliphatic heterocycles. The first-order valence-electron chi connectivity index (χ1n) is 30.3. The molecule has 0 unspecified atom stereocenters. The highest BCUT2D eigenvalue weighted by atomic mass is 31.1. The maximum Gasteiger partial charge on any atom is 0.344 e. The number of carbonyl (C=O) groups excluding carboxylic acids is 2. The second-order valence-corrected chi connectivity index (χ2v) is 30.1. The minimum Gasteiger partial charge on any atom is -0.481 e. The van der Waals surface area contributed by atoms with Crippen molar-refractivity contribution in [2.24, 2.45) is 0 Å². The lowest BCUT2D eigenvalue weighted by atomic mass is 9.79. The van der Waals surface area contributed by atoms with E-state index in [1.54, 1.807) is 0 Å². The SMILES string of the molecule is CCOC(=O)COc1c2cc(C(C)(C)C)cc1Cc1cc(C(C)(C)C)cc(c1OP(c1ccccc1)c1ccccc1)Cc1cc(C(C)(C)C)cc(c1OCC(=O)OCC)Cc1cc(C(C)(C)C)cc(c1OP(c1ccccc1)c1ccccc1)C2. The Labute approximate surface area is 514 Å². The minimum atomic E-state index is -1.45. The fourth-order valence-electron chi connectivity index (χ4n) is 10.8. The van der Waals surface area contributed by atoms with E-state index in [0.717, 1.165) is 99.5 Å². The average molecular weight is 1190 g/mol. The van der Waals surface area contributed by atoms with Crippen molar-refractivity contribution in [3.63, 3.8) is 0 Å². The van der Waals surface area contributed by atoms with Crippen LogP contribution in [0, 0.1) is 0 Å². The number of fused-ring (bicyclic) bond motifs is 8. The highest BCUT2D eigenvalue weighted by Crippen LogP contribution is 2.49. The molecule has 0 heterocycles. The Morgan fingerprint density at radius 1 is 0.337 bits per heavy atom. The third-order valence-electron chi connectivity index (χ3n) is 15.6. The smallest absolute Gasteiger partial charge is 0.344 e. The van der Waals surface area contributed by atoms with E-state index in [1.807, 2.05) is 38.1 Å². The van der Waals surface area contributed by atoms with Gasteiger partial charge in [0.25, 0.3) is 0 Å². The summed E-state index contributed by atoms with van der Waals surface area (Å²) in [6.07, 6.45) is 1.55. The van der Waals surface area contributed by atoms with E-state index in [0.29, 0.717) is 37.2 Å². The topological polar surface area (TPSA) is 89.5 Å². The molecule has 0 spiro atoms. The molecule has 8 bridgehead atoms. The number of hydrogen-bond acceptors (Lipinski definition) is 8. The van der Waals surface area contributed by atoms with E-state index in [9.17, 15) is 9.59 Å². The first kappa shape index (κ1) is 63.3. The van der Waals surface area contributed by atoms with Gasteiger partial charge in [-0.2, -0.15) is 0 Å². The summed E-state index contributed by atoms with van der Waals surface area (Å²) in [4.78, 5) is 27.4. The summed E-state index contributed by atoms with van der Waals surface area (Å²) in [6, 6.07) is 60.4. The summed E-state index contributed by atoms with van der Waals surface area (Å²) in [5.74, 6) is 1.87. The third kappa shape index (κ3) is 15.5. The molecule has 86 heavy (non-hydrogen) atoms. The van der Waals surface area contributed by atoms with Crippen LogP contribution in [-0.4, -0.2) is 38.4 Å². The molecule has 8 aromatic rings. The molecular formula is C76H86O8P2. The molecule has 448 valence electrons. The largest absolute Gasteiger partial charge is 0.481 e. The first-order chi connectivity index (χ1) is 40.9. The normalized spacial score (nSPS) is 12.8. The monoisotopic (exact) mass is 1190 g/mol. The molecule has 0 radical (unpaired) electrons. The Morgan fingerprint density at radius 2 is 0.547 bits per heavy atom. The van der Waals surface area contributed by atoms with Crippen LogP contribution in [0.5, 0.6) is 23.0 Å². The number of carbonyl (C=O) groups is 2. The van der Waals surface area contributed by atoms with Crippen molar-refractivity contribution in [2.75, 3.05) is 26.4 Å². The molecule has 1 aliphatic rings. The van der Waals surface area contributed by atoms with Gasteiger partial charge in [0.1, 0.15) is 23.0 Å². The molecule has 10 heteroatoms. The van der Waals surface area contributed by atoms with Crippen molar-refractivity contribution in [3.8, 4) is 23.0 Å². The molecule has 0 saturated heterocycles. The first-order valence-corrected chi connectivity index (χ1v) is 32.8. The molecule has 1 aliphatic carbocycles. The van der Waals surface area contributed by atoms with Gasteiger partial charge in [-0.05, 0) is 102 Å². The van der Waals surface area contributed by atoms with Crippen LogP contribution >= 0.6 is 16.3 Å². The van der Waals surface area contributed by atoms with Crippen molar-refractivity contribution in [1.82, 2.24) is 0 Å². The Hall–Kier alpha value is -7.24. The highest BCUT2D eigenvalue weighted by molar-refractivity contribution is 7.69. The lowest BCUT2D eigenvalue weighted by molar-refractivity contribution is -0.146. The molecule has 8 nitrogen and oxygen atoms in total. The maximum atomic E-state index is 13.7. The van der Waals surface area contributed by atoms with Gasteiger partial charge in [-0.3, -0.25) is 0 Å². The van der Waals surface area contributed by atoms with E-state index in [-0.39, 0.29) is 48.1 Å². The number of hydrogen-bond donors (Lipinski definition) is 0. The van der Waals surface area contributed by atoms with Gasteiger partial charge in [0, 0.05) is 46.9 Å². The Balaban J connectivity index is 1.44. The lowest BCUT2D eigenvalue weighted by Crippen LogP contribution is -2.21. The van der Waals surface area contributed by atoms with Crippen LogP contribution in [0.3, 0.4) is 0 Å². The number of esters is 2. The highest BCUT2D eigenvalue weighted by Gasteiger charge is 2.32. The molecule has 0 amide bonds. The van der Waals surface area contributed by atoms with Crippen LogP contribution in [0.25, 0.3) is 0 Å². The van der Waals surface area contributed by atoms with Gasteiger partial charge in [0.05, 0.1) is 13.2 Å². The average Bonchev–Trinajstić information content (AvgIpc) is 1.38. The molecule has 0 N–H and O–H groups in total. The molecule has 8 aromatic carbocycles. The number of benzene rings is 8. The van der Waals surface area contributed by atoms with Crippen LogP contribution < -0.4 is 39.7 Å². The van der Waals surface area contributed by atoms with E-state index in [4.69, 9.17) is 28.0 Å². The van der Waals surface area contributed by atoms with Gasteiger partial charge in [-0.25, -0.2) is 9.59 Å². The molecule has 0 fully saturated rings. The molecule has 0 aromatic heterocycles. The summed E-state index contributed by atoms with van der Waals surface area (Å²) in [5, 5.41) is 4.26. The van der Waals surface area contributed by atoms with Crippen LogP contribution in [0.4, 0.5) is 0 Å². The van der Waals surface area contributed by atoms with Crippen LogP contribution in [0.2, 0.25) is 0 Å². The standard InChI is InChI=1S/C76H86O8P2/c1-15-79-67(77)49-81-69-51-37-55-45-61(75(9,10)11)47-57(71(55)83-85(63-29-21-17-22-30-63)64-31-23-18-24-32-64)39-53-43-60(74(6,7)8)44-54(70(53)82-50-68(78)80-16-2)40-58-48-62(76(12,13)14)46-56(38-52(69)42-59(41-51)73(3,4)5)72(58)84-86(65-33-25-19-26-34-65)66-35-27-20-28-36-66/h17-36,41-48H,15-16,37-40,49-50H2,1-14H3. The van der Waals surface area contributed by atoms with E-state index in [2.05, 4.69) is 229 Å². The third-order valence-corrected chi connectivity index (χ3v) is 19.4. The fourth-order valence-corrected chi connectivity index (χ4v) is 14.5. The molecule has 0 atom stereocenters.